The van der Waals surface area contributed by atoms with E-state index < -0.39 is 18.0 Å². The normalized spacial score (nSPS) is 16.9. The van der Waals surface area contributed by atoms with Crippen LogP contribution in [0.25, 0.3) is 11.3 Å². The summed E-state index contributed by atoms with van der Waals surface area (Å²) in [7, 11) is 0. The molecule has 0 aliphatic carbocycles. The maximum absolute atomic E-state index is 12.0. The van der Waals surface area contributed by atoms with Gasteiger partial charge in [-0.3, -0.25) is 4.79 Å². The van der Waals surface area contributed by atoms with Gasteiger partial charge in [-0.05, 0) is 19.1 Å². The van der Waals surface area contributed by atoms with Gasteiger partial charge in [-0.1, -0.05) is 24.3 Å². The van der Waals surface area contributed by atoms with Gasteiger partial charge in [0, 0.05) is 17.5 Å². The van der Waals surface area contributed by atoms with Crippen molar-refractivity contribution in [3.8, 4) is 11.3 Å². The van der Waals surface area contributed by atoms with Gasteiger partial charge < -0.3 is 13.9 Å². The van der Waals surface area contributed by atoms with Crippen LogP contribution in [0.5, 0.6) is 0 Å². The van der Waals surface area contributed by atoms with Crippen LogP contribution in [0, 0.1) is 0 Å². The van der Waals surface area contributed by atoms with Gasteiger partial charge in [-0.15, -0.1) is 0 Å². The minimum Gasteiger partial charge on any atom is -0.463 e. The van der Waals surface area contributed by atoms with Gasteiger partial charge in [-0.2, -0.15) is 0 Å². The van der Waals surface area contributed by atoms with Crippen molar-refractivity contribution in [3.63, 3.8) is 0 Å². The van der Waals surface area contributed by atoms with Crippen LogP contribution in [-0.2, 0) is 14.3 Å². The summed E-state index contributed by atoms with van der Waals surface area (Å²) in [5, 5.41) is 0. The van der Waals surface area contributed by atoms with Crippen molar-refractivity contribution < 1.29 is 28.3 Å². The van der Waals surface area contributed by atoms with Crippen LogP contribution in [0.3, 0.4) is 0 Å². The number of esters is 2. The van der Waals surface area contributed by atoms with Gasteiger partial charge in [-0.25, -0.2) is 9.59 Å². The third-order valence-electron chi connectivity index (χ3n) is 3.52. The van der Waals surface area contributed by atoms with E-state index in [0.717, 1.165) is 5.56 Å². The Hall–Kier alpha value is -2.89. The Bertz CT molecular complexity index is 756. The zero-order valence-corrected chi connectivity index (χ0v) is 12.4. The first-order valence-electron chi connectivity index (χ1n) is 7.13. The Morgan fingerprint density at radius 2 is 1.87 bits per heavy atom. The molecule has 0 unspecified atom stereocenters. The number of carbonyl (C=O) groups is 3. The highest BCUT2D eigenvalue weighted by Crippen LogP contribution is 2.24. The van der Waals surface area contributed by atoms with E-state index in [2.05, 4.69) is 0 Å². The molecule has 1 atom stereocenters. The first-order valence-corrected chi connectivity index (χ1v) is 7.13. The van der Waals surface area contributed by atoms with E-state index >= 15 is 0 Å². The van der Waals surface area contributed by atoms with E-state index in [1.165, 1.54) is 13.0 Å². The van der Waals surface area contributed by atoms with Crippen molar-refractivity contribution in [1.82, 2.24) is 0 Å². The lowest BCUT2D eigenvalue weighted by atomic mass is 10.1. The summed E-state index contributed by atoms with van der Waals surface area (Å²) >= 11 is 0. The minimum absolute atomic E-state index is 0.00958. The zero-order valence-electron chi connectivity index (χ0n) is 12.4. The SMILES string of the molecule is CC(=O)c1ccc(-c2ccc(C(=O)O[C@H]3CCOC3=O)o2)cc1. The summed E-state index contributed by atoms with van der Waals surface area (Å²) in [6.07, 6.45) is -0.518. The minimum atomic E-state index is -0.870. The molecule has 0 amide bonds. The van der Waals surface area contributed by atoms with Crippen LogP contribution in [-0.4, -0.2) is 30.4 Å². The smallest absolute Gasteiger partial charge is 0.375 e. The second-order valence-corrected chi connectivity index (χ2v) is 5.15. The number of benzene rings is 1. The summed E-state index contributed by atoms with van der Waals surface area (Å²) in [5.74, 6) is -0.787. The maximum Gasteiger partial charge on any atom is 0.375 e. The van der Waals surface area contributed by atoms with Crippen molar-refractivity contribution >= 4 is 17.7 Å². The lowest BCUT2D eigenvalue weighted by Gasteiger charge is -2.06. The summed E-state index contributed by atoms with van der Waals surface area (Å²) in [5.41, 5.74) is 1.33. The first-order chi connectivity index (χ1) is 11.0. The molecule has 1 saturated heterocycles. The first kappa shape index (κ1) is 15.0. The van der Waals surface area contributed by atoms with Crippen molar-refractivity contribution in [2.75, 3.05) is 6.61 Å². The van der Waals surface area contributed by atoms with Gasteiger partial charge in [0.25, 0.3) is 0 Å². The number of rotatable bonds is 4. The second-order valence-electron chi connectivity index (χ2n) is 5.15. The van der Waals surface area contributed by atoms with Gasteiger partial charge in [0.05, 0.1) is 6.61 Å². The molecule has 1 aliphatic heterocycles. The van der Waals surface area contributed by atoms with Gasteiger partial charge >= 0.3 is 11.9 Å². The highest BCUT2D eigenvalue weighted by molar-refractivity contribution is 5.94. The fraction of sp³-hybridized carbons (Fsp3) is 0.235. The molecule has 6 heteroatoms. The van der Waals surface area contributed by atoms with E-state index in [9.17, 15) is 14.4 Å². The van der Waals surface area contributed by atoms with E-state index in [1.54, 1.807) is 30.3 Å². The topological polar surface area (TPSA) is 82.8 Å². The molecule has 0 saturated carbocycles. The van der Waals surface area contributed by atoms with Crippen LogP contribution in [0.1, 0.15) is 34.3 Å². The molecular weight excluding hydrogens is 300 g/mol. The lowest BCUT2D eigenvalue weighted by molar-refractivity contribution is -0.145. The van der Waals surface area contributed by atoms with Crippen LogP contribution >= 0.6 is 0 Å². The molecule has 23 heavy (non-hydrogen) atoms. The van der Waals surface area contributed by atoms with Crippen molar-refractivity contribution in [2.45, 2.75) is 19.4 Å². The number of ketones is 1. The molecule has 1 aromatic heterocycles. The third-order valence-corrected chi connectivity index (χ3v) is 3.52. The summed E-state index contributed by atoms with van der Waals surface area (Å²) in [6, 6.07) is 9.96. The molecule has 118 valence electrons. The Morgan fingerprint density at radius 3 is 2.48 bits per heavy atom. The van der Waals surface area contributed by atoms with Gasteiger partial charge in [0.1, 0.15) is 5.76 Å². The number of ether oxygens (including phenoxy) is 2. The van der Waals surface area contributed by atoms with E-state index in [4.69, 9.17) is 13.9 Å². The molecule has 3 rings (SSSR count). The average Bonchev–Trinajstić information content (AvgIpc) is 3.17. The van der Waals surface area contributed by atoms with Crippen LogP contribution in [0.4, 0.5) is 0 Å². The quantitative estimate of drug-likeness (QED) is 0.637. The number of furan rings is 1. The predicted octanol–water partition coefficient (Wildman–Crippen LogP) is 2.62. The Labute approximate surface area is 132 Å². The van der Waals surface area contributed by atoms with Gasteiger partial charge in [0.15, 0.2) is 5.78 Å². The molecule has 0 bridgehead atoms. The standard InChI is InChI=1S/C17H14O6/c1-10(18)11-2-4-12(5-3-11)13-6-7-14(22-13)17(20)23-15-8-9-21-16(15)19/h2-7,15H,8-9H2,1H3/t15-/m0/s1. The Kier molecular flexibility index (Phi) is 3.97. The summed E-state index contributed by atoms with van der Waals surface area (Å²) < 4.78 is 15.3. The summed E-state index contributed by atoms with van der Waals surface area (Å²) in [6.45, 7) is 1.74. The van der Waals surface area contributed by atoms with E-state index in [0.29, 0.717) is 17.7 Å². The highest BCUT2D eigenvalue weighted by atomic mass is 16.6. The monoisotopic (exact) mass is 314 g/mol. The van der Waals surface area contributed by atoms with Crippen LogP contribution in [0.2, 0.25) is 0 Å². The van der Waals surface area contributed by atoms with E-state index in [-0.39, 0.29) is 18.2 Å². The number of carbonyl (C=O) groups excluding carboxylic acids is 3. The van der Waals surface area contributed by atoms with Crippen molar-refractivity contribution in [2.24, 2.45) is 0 Å². The largest absolute Gasteiger partial charge is 0.463 e. The molecule has 0 radical (unpaired) electrons. The maximum atomic E-state index is 12.0. The molecule has 0 N–H and O–H groups in total. The fourth-order valence-corrected chi connectivity index (χ4v) is 2.24. The summed E-state index contributed by atoms with van der Waals surface area (Å²) in [4.78, 5) is 34.5. The number of hydrogen-bond acceptors (Lipinski definition) is 6. The molecule has 1 aromatic carbocycles. The molecule has 2 aromatic rings. The highest BCUT2D eigenvalue weighted by Gasteiger charge is 2.31. The fourth-order valence-electron chi connectivity index (χ4n) is 2.24. The second kappa shape index (κ2) is 6.08. The van der Waals surface area contributed by atoms with Crippen LogP contribution in [0.15, 0.2) is 40.8 Å². The molecule has 1 fully saturated rings. The van der Waals surface area contributed by atoms with Crippen LogP contribution < -0.4 is 0 Å². The van der Waals surface area contributed by atoms with Gasteiger partial charge in [0.2, 0.25) is 11.9 Å². The lowest BCUT2D eigenvalue weighted by Crippen LogP contribution is -2.22. The molecule has 6 nitrogen and oxygen atoms in total. The zero-order chi connectivity index (χ0) is 16.4. The number of cyclic esters (lactones) is 1. The van der Waals surface area contributed by atoms with Crippen molar-refractivity contribution in [1.29, 1.82) is 0 Å². The Morgan fingerprint density at radius 1 is 1.13 bits per heavy atom. The molecular formula is C17H14O6. The Balaban J connectivity index is 1.73. The molecule has 0 spiro atoms. The average molecular weight is 314 g/mol. The van der Waals surface area contributed by atoms with Crippen molar-refractivity contribution in [3.05, 3.63) is 47.7 Å². The number of Topliss-reactive ketones (excluding diaryl/α,β-unsaturated/α-hetero) is 1. The number of hydrogen-bond donors (Lipinski definition) is 0. The molecule has 1 aliphatic rings. The van der Waals surface area contributed by atoms with E-state index in [1.807, 2.05) is 0 Å². The molecule has 2 heterocycles. The predicted molar refractivity (Wildman–Crippen MR) is 78.9 cm³/mol. The third kappa shape index (κ3) is 3.15.